The maximum absolute atomic E-state index is 13.8. The van der Waals surface area contributed by atoms with Crippen molar-refractivity contribution in [1.29, 1.82) is 0 Å². The van der Waals surface area contributed by atoms with Gasteiger partial charge in [-0.25, -0.2) is 8.78 Å². The van der Waals surface area contributed by atoms with Gasteiger partial charge in [-0.05, 0) is 71.5 Å². The van der Waals surface area contributed by atoms with Gasteiger partial charge in [-0.15, -0.1) is 0 Å². The minimum atomic E-state index is -4.48. The second-order valence-electron chi connectivity index (χ2n) is 9.44. The van der Waals surface area contributed by atoms with Crippen molar-refractivity contribution < 1.29 is 31.5 Å². The van der Waals surface area contributed by atoms with E-state index in [0.29, 0.717) is 36.1 Å². The second kappa shape index (κ2) is 9.28. The molecule has 3 aromatic carbocycles. The number of nitrogens with zero attached hydrogens (tertiary/aromatic N) is 2. The van der Waals surface area contributed by atoms with Crippen LogP contribution in [0.5, 0.6) is 0 Å². The standard InChI is InChI=1S/C28H23F5N2O2/c29-23-7-3-20(4-8-23)27(21-5-9-24(30)10-6-21)12-14-35(26(27)37)17-25(36)34-13-11-18-1-2-22(28(31,32)33)15-19(18)16-34/h1-10,15H,11-14,16-17H2. The number of halogens is 5. The van der Waals surface area contributed by atoms with Crippen LogP contribution in [-0.2, 0) is 34.1 Å². The molecule has 37 heavy (non-hydrogen) atoms. The smallest absolute Gasteiger partial charge is 0.336 e. The van der Waals surface area contributed by atoms with Crippen LogP contribution in [-0.4, -0.2) is 41.2 Å². The molecule has 0 aromatic heterocycles. The average Bonchev–Trinajstić information content (AvgIpc) is 3.20. The molecular formula is C28H23F5N2O2. The molecule has 2 aliphatic rings. The molecule has 0 aliphatic carbocycles. The molecule has 192 valence electrons. The lowest BCUT2D eigenvalue weighted by molar-refractivity contribution is -0.140. The van der Waals surface area contributed by atoms with Crippen LogP contribution in [0.1, 0.15) is 34.2 Å². The lowest BCUT2D eigenvalue weighted by atomic mass is 9.73. The van der Waals surface area contributed by atoms with Gasteiger partial charge in [0.2, 0.25) is 11.8 Å². The third-order valence-electron chi connectivity index (χ3n) is 7.31. The van der Waals surface area contributed by atoms with Crippen molar-refractivity contribution in [2.45, 2.75) is 31.0 Å². The number of amides is 2. The fraction of sp³-hybridized carbons (Fsp3) is 0.286. The first-order valence-corrected chi connectivity index (χ1v) is 11.9. The van der Waals surface area contributed by atoms with E-state index in [0.717, 1.165) is 17.7 Å². The van der Waals surface area contributed by atoms with E-state index >= 15 is 0 Å². The number of rotatable bonds is 4. The zero-order chi connectivity index (χ0) is 26.4. The van der Waals surface area contributed by atoms with Gasteiger partial charge in [0.05, 0.1) is 12.1 Å². The molecule has 0 saturated carbocycles. The molecular weight excluding hydrogens is 491 g/mol. The third kappa shape index (κ3) is 4.58. The second-order valence-corrected chi connectivity index (χ2v) is 9.44. The van der Waals surface area contributed by atoms with Crippen molar-refractivity contribution in [3.8, 4) is 0 Å². The zero-order valence-corrected chi connectivity index (χ0v) is 19.7. The molecule has 0 atom stereocenters. The molecule has 1 saturated heterocycles. The van der Waals surface area contributed by atoms with Crippen LogP contribution in [0.4, 0.5) is 22.0 Å². The van der Waals surface area contributed by atoms with Gasteiger partial charge in [0.1, 0.15) is 17.0 Å². The zero-order valence-electron chi connectivity index (χ0n) is 19.7. The number of hydrogen-bond donors (Lipinski definition) is 0. The number of carbonyl (C=O) groups excluding carboxylic acids is 2. The van der Waals surface area contributed by atoms with E-state index in [9.17, 15) is 31.5 Å². The van der Waals surface area contributed by atoms with E-state index in [1.54, 1.807) is 0 Å². The number of benzene rings is 3. The fourth-order valence-electron chi connectivity index (χ4n) is 5.31. The highest BCUT2D eigenvalue weighted by Gasteiger charge is 2.50. The highest BCUT2D eigenvalue weighted by Crippen LogP contribution is 2.42. The fourth-order valence-corrected chi connectivity index (χ4v) is 5.31. The Morgan fingerprint density at radius 1 is 0.838 bits per heavy atom. The summed E-state index contributed by atoms with van der Waals surface area (Å²) < 4.78 is 66.8. The van der Waals surface area contributed by atoms with Gasteiger partial charge in [-0.3, -0.25) is 9.59 Å². The Labute approximate surface area is 210 Å². The van der Waals surface area contributed by atoms with E-state index in [1.807, 2.05) is 0 Å². The third-order valence-corrected chi connectivity index (χ3v) is 7.31. The number of alkyl halides is 3. The molecule has 9 heteroatoms. The number of likely N-dealkylation sites (tertiary alicyclic amines) is 1. The lowest BCUT2D eigenvalue weighted by Gasteiger charge is -2.32. The van der Waals surface area contributed by atoms with Crippen molar-refractivity contribution in [3.05, 3.63) is 106 Å². The summed E-state index contributed by atoms with van der Waals surface area (Å²) in [4.78, 5) is 29.9. The van der Waals surface area contributed by atoms with Gasteiger partial charge >= 0.3 is 6.18 Å². The first kappa shape index (κ1) is 24.9. The molecule has 3 aromatic rings. The summed E-state index contributed by atoms with van der Waals surface area (Å²) in [6.07, 6.45) is -3.76. The summed E-state index contributed by atoms with van der Waals surface area (Å²) in [6.45, 7) is 0.362. The summed E-state index contributed by atoms with van der Waals surface area (Å²) >= 11 is 0. The van der Waals surface area contributed by atoms with Crippen molar-refractivity contribution in [3.63, 3.8) is 0 Å². The molecule has 5 rings (SSSR count). The average molecular weight is 514 g/mol. The van der Waals surface area contributed by atoms with Gasteiger partial charge < -0.3 is 9.80 Å². The summed E-state index contributed by atoms with van der Waals surface area (Å²) in [6, 6.07) is 14.6. The van der Waals surface area contributed by atoms with Crippen LogP contribution in [0.25, 0.3) is 0 Å². The number of hydrogen-bond acceptors (Lipinski definition) is 2. The maximum atomic E-state index is 13.8. The predicted octanol–water partition coefficient (Wildman–Crippen LogP) is 5.09. The molecule has 2 amide bonds. The quantitative estimate of drug-likeness (QED) is 0.456. The van der Waals surface area contributed by atoms with Crippen LogP contribution in [0, 0.1) is 11.6 Å². The Hall–Kier alpha value is -3.75. The Morgan fingerprint density at radius 2 is 1.43 bits per heavy atom. The van der Waals surface area contributed by atoms with E-state index < -0.39 is 28.8 Å². The minimum absolute atomic E-state index is 0.0290. The first-order valence-electron chi connectivity index (χ1n) is 11.9. The van der Waals surface area contributed by atoms with Crippen molar-refractivity contribution in [1.82, 2.24) is 9.80 Å². The van der Waals surface area contributed by atoms with Gasteiger partial charge in [0.25, 0.3) is 0 Å². The Morgan fingerprint density at radius 3 is 2.00 bits per heavy atom. The molecule has 4 nitrogen and oxygen atoms in total. The number of carbonyl (C=O) groups is 2. The van der Waals surface area contributed by atoms with Crippen LogP contribution in [0.2, 0.25) is 0 Å². The lowest BCUT2D eigenvalue weighted by Crippen LogP contribution is -2.45. The predicted molar refractivity (Wildman–Crippen MR) is 125 cm³/mol. The summed E-state index contributed by atoms with van der Waals surface area (Å²) in [5.74, 6) is -1.66. The summed E-state index contributed by atoms with van der Waals surface area (Å²) in [5.41, 5.74) is 0.297. The molecule has 2 heterocycles. The summed E-state index contributed by atoms with van der Waals surface area (Å²) in [5, 5.41) is 0. The van der Waals surface area contributed by atoms with E-state index in [4.69, 9.17) is 0 Å². The van der Waals surface area contributed by atoms with Crippen molar-refractivity contribution >= 4 is 11.8 Å². The summed E-state index contributed by atoms with van der Waals surface area (Å²) in [7, 11) is 0. The Bertz CT molecular complexity index is 1290. The van der Waals surface area contributed by atoms with Crippen LogP contribution >= 0.6 is 0 Å². The molecule has 2 aliphatic heterocycles. The van der Waals surface area contributed by atoms with E-state index in [1.165, 1.54) is 64.4 Å². The monoisotopic (exact) mass is 514 g/mol. The number of fused-ring (bicyclic) bond motifs is 1. The van der Waals surface area contributed by atoms with Crippen molar-refractivity contribution in [2.24, 2.45) is 0 Å². The molecule has 0 bridgehead atoms. The van der Waals surface area contributed by atoms with Crippen molar-refractivity contribution in [2.75, 3.05) is 19.6 Å². The molecule has 0 spiro atoms. The topological polar surface area (TPSA) is 40.6 Å². The molecule has 1 fully saturated rings. The Kier molecular flexibility index (Phi) is 6.25. The highest BCUT2D eigenvalue weighted by atomic mass is 19.4. The van der Waals surface area contributed by atoms with Gasteiger partial charge in [0.15, 0.2) is 0 Å². The minimum Gasteiger partial charge on any atom is -0.336 e. The largest absolute Gasteiger partial charge is 0.416 e. The van der Waals surface area contributed by atoms with E-state index in [-0.39, 0.29) is 31.4 Å². The van der Waals surface area contributed by atoms with Crippen LogP contribution in [0.3, 0.4) is 0 Å². The molecule has 0 unspecified atom stereocenters. The Balaban J connectivity index is 1.38. The van der Waals surface area contributed by atoms with Gasteiger partial charge in [-0.2, -0.15) is 13.2 Å². The maximum Gasteiger partial charge on any atom is 0.416 e. The van der Waals surface area contributed by atoms with Gasteiger partial charge in [-0.1, -0.05) is 30.3 Å². The molecule has 0 N–H and O–H groups in total. The SMILES string of the molecule is O=C(CN1CCC(c2ccc(F)cc2)(c2ccc(F)cc2)C1=O)N1CCc2ccc(C(F)(F)F)cc2C1. The molecule has 0 radical (unpaired) electrons. The van der Waals surface area contributed by atoms with Crippen LogP contribution < -0.4 is 0 Å². The van der Waals surface area contributed by atoms with Gasteiger partial charge in [0, 0.05) is 19.6 Å². The van der Waals surface area contributed by atoms with E-state index in [2.05, 4.69) is 0 Å². The normalized spacial score (nSPS) is 17.2. The first-order chi connectivity index (χ1) is 17.6. The van der Waals surface area contributed by atoms with Crippen LogP contribution in [0.15, 0.2) is 66.7 Å². The highest BCUT2D eigenvalue weighted by molar-refractivity contribution is 5.96.